The van der Waals surface area contributed by atoms with Crippen molar-refractivity contribution in [2.75, 3.05) is 19.8 Å². The number of phosphoric acid groups is 1. The zero-order valence-electron chi connectivity index (χ0n) is 12.3. The summed E-state index contributed by atoms with van der Waals surface area (Å²) in [6.45, 7) is 7.38. The van der Waals surface area contributed by atoms with E-state index in [2.05, 4.69) is 13.5 Å². The lowest BCUT2D eigenvalue weighted by Gasteiger charge is -2.12. The number of hydrogen-bond donors (Lipinski definition) is 1. The molecule has 0 fully saturated rings. The van der Waals surface area contributed by atoms with Crippen molar-refractivity contribution in [3.05, 3.63) is 12.2 Å². The van der Waals surface area contributed by atoms with Crippen molar-refractivity contribution >= 4 is 13.8 Å². The molecule has 0 aromatic carbocycles. The van der Waals surface area contributed by atoms with Gasteiger partial charge >= 0.3 is 13.8 Å². The number of rotatable bonds is 12. The summed E-state index contributed by atoms with van der Waals surface area (Å²) < 4.78 is 25.8. The number of phosphoric ester groups is 1. The molecule has 0 radical (unpaired) electrons. The Morgan fingerprint density at radius 1 is 1.10 bits per heavy atom. The predicted molar refractivity (Wildman–Crippen MR) is 76.3 cm³/mol. The van der Waals surface area contributed by atoms with Crippen LogP contribution in [0.2, 0.25) is 0 Å². The number of carbonyl (C=O) groups excluding carboxylic acids is 1. The molecule has 0 rings (SSSR count). The minimum atomic E-state index is -3.98. The van der Waals surface area contributed by atoms with Gasteiger partial charge in [-0.25, -0.2) is 9.36 Å². The first-order valence-corrected chi connectivity index (χ1v) is 8.33. The molecular weight excluding hydrogens is 283 g/mol. The smallest absolute Gasteiger partial charge is 0.462 e. The Labute approximate surface area is 120 Å². The highest BCUT2D eigenvalue weighted by molar-refractivity contribution is 7.47. The average molecular weight is 308 g/mol. The van der Waals surface area contributed by atoms with E-state index >= 15 is 0 Å². The highest BCUT2D eigenvalue weighted by Gasteiger charge is 2.20. The first-order valence-electron chi connectivity index (χ1n) is 6.83. The van der Waals surface area contributed by atoms with Crippen molar-refractivity contribution in [1.82, 2.24) is 0 Å². The Balaban J connectivity index is 3.59. The van der Waals surface area contributed by atoms with Crippen molar-refractivity contribution in [1.29, 1.82) is 0 Å². The van der Waals surface area contributed by atoms with Gasteiger partial charge in [-0.2, -0.15) is 0 Å². The average Bonchev–Trinajstić information content (AvgIpc) is 2.37. The SMILES string of the molecule is C=C(C)C(=O)OCCCOP(=O)(O)OCCCCCC. The van der Waals surface area contributed by atoms with Gasteiger partial charge in [-0.1, -0.05) is 32.8 Å². The van der Waals surface area contributed by atoms with Crippen LogP contribution in [0, 0.1) is 0 Å². The molecule has 6 nitrogen and oxygen atoms in total. The van der Waals surface area contributed by atoms with E-state index in [4.69, 9.17) is 13.8 Å². The van der Waals surface area contributed by atoms with Gasteiger partial charge in [0.1, 0.15) is 0 Å². The van der Waals surface area contributed by atoms with Gasteiger partial charge in [-0.05, 0) is 13.3 Å². The summed E-state index contributed by atoms with van der Waals surface area (Å²) in [4.78, 5) is 20.4. The van der Waals surface area contributed by atoms with Gasteiger partial charge in [0.2, 0.25) is 0 Å². The molecule has 0 aromatic heterocycles. The number of carbonyl (C=O) groups is 1. The molecule has 20 heavy (non-hydrogen) atoms. The lowest BCUT2D eigenvalue weighted by molar-refractivity contribution is -0.139. The summed E-state index contributed by atoms with van der Waals surface area (Å²) in [5, 5.41) is 0. The van der Waals surface area contributed by atoms with Crippen molar-refractivity contribution in [2.45, 2.75) is 46.0 Å². The molecule has 1 N–H and O–H groups in total. The fourth-order valence-electron chi connectivity index (χ4n) is 1.27. The molecule has 0 aliphatic rings. The number of ether oxygens (including phenoxy) is 1. The fraction of sp³-hybridized carbons (Fsp3) is 0.769. The number of esters is 1. The molecule has 0 amide bonds. The second-order valence-corrected chi connectivity index (χ2v) is 5.92. The zero-order chi connectivity index (χ0) is 15.4. The largest absolute Gasteiger partial charge is 0.472 e. The van der Waals surface area contributed by atoms with Crippen LogP contribution in [-0.2, 0) is 23.1 Å². The summed E-state index contributed by atoms with van der Waals surface area (Å²) in [6.07, 6.45) is 4.19. The lowest BCUT2D eigenvalue weighted by atomic mass is 10.2. The van der Waals surface area contributed by atoms with Crippen LogP contribution in [0.5, 0.6) is 0 Å². The standard InChI is InChI=1S/C13H25O6P/c1-4-5-6-7-10-18-20(15,16)19-11-8-9-17-13(14)12(2)3/h2,4-11H2,1,3H3,(H,15,16). The predicted octanol–water partition coefficient (Wildman–Crippen LogP) is 3.21. The van der Waals surface area contributed by atoms with Gasteiger partial charge in [0, 0.05) is 12.0 Å². The Morgan fingerprint density at radius 2 is 1.70 bits per heavy atom. The molecule has 1 unspecified atom stereocenters. The van der Waals surface area contributed by atoms with Gasteiger partial charge in [0.15, 0.2) is 0 Å². The van der Waals surface area contributed by atoms with Crippen molar-refractivity contribution in [3.8, 4) is 0 Å². The molecule has 0 heterocycles. The maximum atomic E-state index is 11.4. The maximum absolute atomic E-state index is 11.4. The van der Waals surface area contributed by atoms with E-state index in [9.17, 15) is 14.3 Å². The Morgan fingerprint density at radius 3 is 2.25 bits per heavy atom. The van der Waals surface area contributed by atoms with E-state index in [-0.39, 0.29) is 19.8 Å². The number of unbranched alkanes of at least 4 members (excludes halogenated alkanes) is 3. The summed E-state index contributed by atoms with van der Waals surface area (Å²) >= 11 is 0. The van der Waals surface area contributed by atoms with E-state index in [1.54, 1.807) is 6.92 Å². The van der Waals surface area contributed by atoms with Crippen LogP contribution in [0.15, 0.2) is 12.2 Å². The molecule has 0 aliphatic heterocycles. The summed E-state index contributed by atoms with van der Waals surface area (Å²) in [7, 11) is -3.98. The van der Waals surface area contributed by atoms with Crippen LogP contribution in [0.1, 0.15) is 46.0 Å². The monoisotopic (exact) mass is 308 g/mol. The number of hydrogen-bond acceptors (Lipinski definition) is 5. The van der Waals surface area contributed by atoms with E-state index in [0.717, 1.165) is 25.7 Å². The van der Waals surface area contributed by atoms with Crippen molar-refractivity contribution < 1.29 is 28.0 Å². The van der Waals surface area contributed by atoms with Crippen LogP contribution in [-0.4, -0.2) is 30.7 Å². The molecule has 0 saturated carbocycles. The van der Waals surface area contributed by atoms with Gasteiger partial charge in [0.25, 0.3) is 0 Å². The Kier molecular flexibility index (Phi) is 10.7. The molecule has 0 saturated heterocycles. The van der Waals surface area contributed by atoms with Gasteiger partial charge in [-0.3, -0.25) is 9.05 Å². The van der Waals surface area contributed by atoms with Crippen molar-refractivity contribution in [3.63, 3.8) is 0 Å². The molecule has 0 spiro atoms. The Hall–Kier alpha value is -0.680. The molecular formula is C13H25O6P. The van der Waals surface area contributed by atoms with Crippen molar-refractivity contribution in [2.24, 2.45) is 0 Å². The second kappa shape index (κ2) is 11.0. The second-order valence-electron chi connectivity index (χ2n) is 4.47. The molecule has 118 valence electrons. The molecule has 0 aliphatic carbocycles. The highest BCUT2D eigenvalue weighted by atomic mass is 31.2. The van der Waals surface area contributed by atoms with Crippen LogP contribution in [0.4, 0.5) is 0 Å². The van der Waals surface area contributed by atoms with E-state index in [1.807, 2.05) is 0 Å². The van der Waals surface area contributed by atoms with E-state index < -0.39 is 13.8 Å². The van der Waals surface area contributed by atoms with Crippen LogP contribution < -0.4 is 0 Å². The third-order valence-electron chi connectivity index (χ3n) is 2.38. The van der Waals surface area contributed by atoms with Crippen LogP contribution in [0.25, 0.3) is 0 Å². The summed E-state index contributed by atoms with van der Waals surface area (Å²) in [6, 6.07) is 0. The minimum absolute atomic E-state index is 0.00773. The molecule has 7 heteroatoms. The first kappa shape index (κ1) is 19.3. The van der Waals surface area contributed by atoms with Crippen LogP contribution >= 0.6 is 7.82 Å². The van der Waals surface area contributed by atoms with E-state index in [1.165, 1.54) is 0 Å². The lowest BCUT2D eigenvalue weighted by Crippen LogP contribution is -2.08. The van der Waals surface area contributed by atoms with E-state index in [0.29, 0.717) is 12.0 Å². The quantitative estimate of drug-likeness (QED) is 0.258. The van der Waals surface area contributed by atoms with Gasteiger partial charge in [-0.15, -0.1) is 0 Å². The topological polar surface area (TPSA) is 82.1 Å². The highest BCUT2D eigenvalue weighted by Crippen LogP contribution is 2.43. The van der Waals surface area contributed by atoms with Crippen LogP contribution in [0.3, 0.4) is 0 Å². The maximum Gasteiger partial charge on any atom is 0.472 e. The fourth-order valence-corrected chi connectivity index (χ4v) is 2.07. The third-order valence-corrected chi connectivity index (χ3v) is 3.39. The molecule has 1 atom stereocenters. The zero-order valence-corrected chi connectivity index (χ0v) is 13.2. The Bertz CT molecular complexity index is 342. The molecule has 0 aromatic rings. The normalized spacial score (nSPS) is 13.8. The van der Waals surface area contributed by atoms with Gasteiger partial charge < -0.3 is 9.63 Å². The summed E-state index contributed by atoms with van der Waals surface area (Å²) in [5.41, 5.74) is 0.314. The summed E-state index contributed by atoms with van der Waals surface area (Å²) in [5.74, 6) is -0.482. The van der Waals surface area contributed by atoms with Gasteiger partial charge in [0.05, 0.1) is 19.8 Å². The molecule has 0 bridgehead atoms. The first-order chi connectivity index (χ1) is 9.39. The third kappa shape index (κ3) is 11.2. The minimum Gasteiger partial charge on any atom is -0.462 e.